The highest BCUT2D eigenvalue weighted by molar-refractivity contribution is 5.32. The number of hydrogen-bond donors (Lipinski definition) is 0. The Morgan fingerprint density at radius 2 is 2.21 bits per heavy atom. The molecule has 14 heavy (non-hydrogen) atoms. The number of nitrogens with zero attached hydrogens (tertiary/aromatic N) is 2. The van der Waals surface area contributed by atoms with E-state index in [2.05, 4.69) is 4.98 Å². The molecular formula is C9H7F3N2. The van der Waals surface area contributed by atoms with Crippen molar-refractivity contribution in [2.75, 3.05) is 0 Å². The smallest absolute Gasteiger partial charge is 0.218 e. The van der Waals surface area contributed by atoms with Gasteiger partial charge in [-0.2, -0.15) is 9.65 Å². The average Bonchev–Trinajstić information content (AvgIpc) is 2.09. The molecule has 0 saturated heterocycles. The summed E-state index contributed by atoms with van der Waals surface area (Å²) < 4.78 is 37.4. The van der Waals surface area contributed by atoms with Crippen LogP contribution in [0.25, 0.3) is 0 Å². The molecule has 1 rings (SSSR count). The highest BCUT2D eigenvalue weighted by Gasteiger charge is 2.17. The zero-order chi connectivity index (χ0) is 10.7. The zero-order valence-corrected chi connectivity index (χ0v) is 7.39. The van der Waals surface area contributed by atoms with Crippen LogP contribution < -0.4 is 0 Å². The second-order valence-electron chi connectivity index (χ2n) is 2.76. The molecule has 0 bridgehead atoms. The maximum atomic E-state index is 12.7. The van der Waals surface area contributed by atoms with Gasteiger partial charge in [-0.1, -0.05) is 0 Å². The third-order valence-electron chi connectivity index (χ3n) is 1.81. The van der Waals surface area contributed by atoms with E-state index in [1.807, 2.05) is 0 Å². The predicted octanol–water partition coefficient (Wildman–Crippen LogP) is 2.53. The molecule has 0 aliphatic rings. The Morgan fingerprint density at radius 3 is 2.71 bits per heavy atom. The molecule has 5 heteroatoms. The molecule has 0 unspecified atom stereocenters. The number of rotatable bonds is 2. The lowest BCUT2D eigenvalue weighted by molar-refractivity contribution is 0.143. The summed E-state index contributed by atoms with van der Waals surface area (Å²) in [7, 11) is 0. The summed E-state index contributed by atoms with van der Waals surface area (Å²) in [5, 5.41) is 8.40. The van der Waals surface area contributed by atoms with Gasteiger partial charge in [0.05, 0.1) is 12.5 Å². The van der Waals surface area contributed by atoms with Crippen molar-refractivity contribution < 1.29 is 13.2 Å². The third-order valence-corrected chi connectivity index (χ3v) is 1.81. The monoisotopic (exact) mass is 200 g/mol. The molecule has 0 aromatic carbocycles. The number of alkyl halides is 2. The Hall–Kier alpha value is -1.57. The van der Waals surface area contributed by atoms with Gasteiger partial charge in [0.2, 0.25) is 5.95 Å². The first-order valence-corrected chi connectivity index (χ1v) is 3.87. The summed E-state index contributed by atoms with van der Waals surface area (Å²) in [6, 6.07) is 2.78. The summed E-state index contributed by atoms with van der Waals surface area (Å²) in [4.78, 5) is 3.08. The average molecular weight is 200 g/mol. The molecule has 0 atom stereocenters. The maximum absolute atomic E-state index is 12.7. The Labute approximate surface area is 79.0 Å². The molecule has 1 aromatic rings. The van der Waals surface area contributed by atoms with E-state index in [-0.39, 0.29) is 12.0 Å². The Kier molecular flexibility index (Phi) is 3.07. The lowest BCUT2D eigenvalue weighted by Gasteiger charge is -2.07. The number of hydrogen-bond acceptors (Lipinski definition) is 2. The van der Waals surface area contributed by atoms with Crippen LogP contribution in [0.15, 0.2) is 6.07 Å². The molecule has 74 valence electrons. The molecule has 0 fully saturated rings. The van der Waals surface area contributed by atoms with E-state index in [1.54, 1.807) is 6.07 Å². The Balaban J connectivity index is 3.30. The molecule has 0 saturated carbocycles. The van der Waals surface area contributed by atoms with Crippen LogP contribution in [0.5, 0.6) is 0 Å². The highest BCUT2D eigenvalue weighted by Crippen LogP contribution is 2.24. The van der Waals surface area contributed by atoms with Gasteiger partial charge < -0.3 is 0 Å². The summed E-state index contributed by atoms with van der Waals surface area (Å²) in [5.74, 6) is -0.945. The molecule has 2 nitrogen and oxygen atoms in total. The van der Waals surface area contributed by atoms with Gasteiger partial charge in [-0.25, -0.2) is 13.8 Å². The van der Waals surface area contributed by atoms with E-state index < -0.39 is 18.1 Å². The molecule has 0 aliphatic heterocycles. The quantitative estimate of drug-likeness (QED) is 0.688. The van der Waals surface area contributed by atoms with Crippen molar-refractivity contribution in [1.29, 1.82) is 5.26 Å². The van der Waals surface area contributed by atoms with Crippen LogP contribution >= 0.6 is 0 Å². The largest absolute Gasteiger partial charge is 0.280 e. The van der Waals surface area contributed by atoms with Crippen molar-refractivity contribution in [3.63, 3.8) is 0 Å². The second-order valence-corrected chi connectivity index (χ2v) is 2.76. The first-order chi connectivity index (χ1) is 6.56. The second kappa shape index (κ2) is 4.09. The highest BCUT2D eigenvalue weighted by atomic mass is 19.3. The van der Waals surface area contributed by atoms with Crippen molar-refractivity contribution in [3.8, 4) is 6.07 Å². The summed E-state index contributed by atoms with van der Waals surface area (Å²) in [5.41, 5.74) is -0.192. The van der Waals surface area contributed by atoms with E-state index >= 15 is 0 Å². The minimum Gasteiger partial charge on any atom is -0.218 e. The Morgan fingerprint density at radius 1 is 1.57 bits per heavy atom. The van der Waals surface area contributed by atoms with Crippen LogP contribution in [-0.2, 0) is 6.42 Å². The summed E-state index contributed by atoms with van der Waals surface area (Å²) in [6.07, 6.45) is -3.04. The predicted molar refractivity (Wildman–Crippen MR) is 43.2 cm³/mol. The van der Waals surface area contributed by atoms with Gasteiger partial charge in [-0.05, 0) is 24.1 Å². The fourth-order valence-corrected chi connectivity index (χ4v) is 1.17. The van der Waals surface area contributed by atoms with Gasteiger partial charge in [0, 0.05) is 0 Å². The molecule has 0 N–H and O–H groups in total. The molecule has 1 heterocycles. The fourth-order valence-electron chi connectivity index (χ4n) is 1.17. The number of nitriles is 1. The standard InChI is InChI=1S/C9H7F3N2/c1-5-4-7(10)14-8(9(11)12)6(5)2-3-13/h4,9H,2H2,1H3. The summed E-state index contributed by atoms with van der Waals surface area (Å²) in [6.45, 7) is 1.48. The van der Waals surface area contributed by atoms with Gasteiger partial charge in [-0.3, -0.25) is 0 Å². The van der Waals surface area contributed by atoms with Crippen molar-refractivity contribution in [1.82, 2.24) is 4.98 Å². The molecule has 0 amide bonds. The molecular weight excluding hydrogens is 193 g/mol. The van der Waals surface area contributed by atoms with E-state index in [4.69, 9.17) is 5.26 Å². The van der Waals surface area contributed by atoms with Crippen LogP contribution in [0.2, 0.25) is 0 Å². The van der Waals surface area contributed by atoms with Gasteiger partial charge in [0.1, 0.15) is 5.69 Å². The van der Waals surface area contributed by atoms with Crippen LogP contribution in [0.1, 0.15) is 23.2 Å². The minimum atomic E-state index is -2.85. The number of halogens is 3. The van der Waals surface area contributed by atoms with Crippen LogP contribution in [0, 0.1) is 24.2 Å². The lowest BCUT2D eigenvalue weighted by atomic mass is 10.1. The number of aromatic nitrogens is 1. The van der Waals surface area contributed by atoms with Gasteiger partial charge in [0.15, 0.2) is 0 Å². The molecule has 0 aliphatic carbocycles. The molecule has 0 radical (unpaired) electrons. The van der Waals surface area contributed by atoms with E-state index in [0.717, 1.165) is 6.07 Å². The lowest BCUT2D eigenvalue weighted by Crippen LogP contribution is -2.03. The number of pyridine rings is 1. The van der Waals surface area contributed by atoms with Gasteiger partial charge in [-0.15, -0.1) is 0 Å². The van der Waals surface area contributed by atoms with Crippen molar-refractivity contribution in [2.24, 2.45) is 0 Å². The topological polar surface area (TPSA) is 36.7 Å². The first kappa shape index (κ1) is 10.5. The SMILES string of the molecule is Cc1cc(F)nc(C(F)F)c1CC#N. The van der Waals surface area contributed by atoms with Crippen molar-refractivity contribution in [3.05, 3.63) is 28.8 Å². The van der Waals surface area contributed by atoms with Gasteiger partial charge >= 0.3 is 0 Å². The minimum absolute atomic E-state index is 0.115. The maximum Gasteiger partial charge on any atom is 0.280 e. The van der Waals surface area contributed by atoms with Crippen LogP contribution in [-0.4, -0.2) is 4.98 Å². The Bertz CT molecular complexity index is 382. The third kappa shape index (κ3) is 2.02. The zero-order valence-electron chi connectivity index (χ0n) is 7.39. The van der Waals surface area contributed by atoms with E-state index in [0.29, 0.717) is 5.56 Å². The summed E-state index contributed by atoms with van der Waals surface area (Å²) >= 11 is 0. The van der Waals surface area contributed by atoms with Crippen LogP contribution in [0.3, 0.4) is 0 Å². The van der Waals surface area contributed by atoms with Gasteiger partial charge in [0.25, 0.3) is 6.43 Å². The van der Waals surface area contributed by atoms with E-state index in [1.165, 1.54) is 6.92 Å². The molecule has 1 aromatic heterocycles. The normalized spacial score (nSPS) is 10.3. The van der Waals surface area contributed by atoms with Crippen LogP contribution in [0.4, 0.5) is 13.2 Å². The number of aryl methyl sites for hydroxylation is 1. The van der Waals surface area contributed by atoms with E-state index in [9.17, 15) is 13.2 Å². The molecule has 0 spiro atoms. The van der Waals surface area contributed by atoms with Crippen molar-refractivity contribution >= 4 is 0 Å². The first-order valence-electron chi connectivity index (χ1n) is 3.87. The van der Waals surface area contributed by atoms with Crippen molar-refractivity contribution in [2.45, 2.75) is 19.8 Å². The fraction of sp³-hybridized carbons (Fsp3) is 0.333.